The van der Waals surface area contributed by atoms with Crippen molar-refractivity contribution in [1.82, 2.24) is 19.6 Å². The van der Waals surface area contributed by atoms with Crippen LogP contribution in [0.25, 0.3) is 5.78 Å². The van der Waals surface area contributed by atoms with Gasteiger partial charge in [-0.05, 0) is 6.92 Å². The first-order chi connectivity index (χ1) is 12.0. The molecule has 0 N–H and O–H groups in total. The van der Waals surface area contributed by atoms with Gasteiger partial charge in [-0.3, -0.25) is 0 Å². The molecule has 1 aromatic carbocycles. The van der Waals surface area contributed by atoms with Gasteiger partial charge in [0.25, 0.3) is 5.78 Å². The Balaban J connectivity index is 2.27. The second-order valence-electron chi connectivity index (χ2n) is 5.30. The lowest BCUT2D eigenvalue weighted by Crippen LogP contribution is -2.16. The van der Waals surface area contributed by atoms with Crippen molar-refractivity contribution in [2.75, 3.05) is 5.12 Å². The monoisotopic (exact) mass is 378 g/mol. The van der Waals surface area contributed by atoms with Crippen molar-refractivity contribution < 1.29 is 30.8 Å². The van der Waals surface area contributed by atoms with E-state index < -0.39 is 57.4 Å². The van der Waals surface area contributed by atoms with E-state index in [0.29, 0.717) is 11.4 Å². The number of halogens is 7. The highest BCUT2D eigenvalue weighted by Crippen LogP contribution is 2.34. The largest absolute Gasteiger partial charge is 0.305 e. The van der Waals surface area contributed by atoms with Crippen LogP contribution in [0.4, 0.5) is 42.3 Å². The van der Waals surface area contributed by atoms with E-state index in [9.17, 15) is 30.8 Å². The standard InChI is InChI=1S/C14H7F7N5/c1-5-3-8(26-13(22-5)23-12(24-26)14(2,19)20)25(21)11-9(17)6(15)4-7(16)10(11)18/h3H,1-2H3. The number of anilines is 2. The number of fused-ring (bicyclic) bond motifs is 1. The van der Waals surface area contributed by atoms with Crippen LogP contribution >= 0.6 is 0 Å². The molecule has 0 unspecified atom stereocenters. The lowest BCUT2D eigenvalue weighted by molar-refractivity contribution is 0.00798. The Morgan fingerprint density at radius 1 is 1.08 bits per heavy atom. The third kappa shape index (κ3) is 2.80. The summed E-state index contributed by atoms with van der Waals surface area (Å²) in [7, 11) is 0. The molecule has 0 saturated carbocycles. The molecule has 0 amide bonds. The Bertz CT molecular complexity index is 985. The molecule has 0 atom stereocenters. The van der Waals surface area contributed by atoms with Gasteiger partial charge in [0.15, 0.2) is 34.8 Å². The quantitative estimate of drug-likeness (QED) is 0.394. The van der Waals surface area contributed by atoms with Crippen LogP contribution in [0, 0.1) is 36.3 Å². The highest BCUT2D eigenvalue weighted by molar-refractivity contribution is 5.61. The zero-order valence-corrected chi connectivity index (χ0v) is 13.0. The summed E-state index contributed by atoms with van der Waals surface area (Å²) in [6.45, 7) is 1.78. The number of rotatable bonds is 3. The maximum atomic E-state index is 14.7. The number of nitrogens with zero attached hydrogens (tertiary/aromatic N) is 5. The predicted octanol–water partition coefficient (Wildman–Crippen LogP) is 3.92. The van der Waals surface area contributed by atoms with Crippen LogP contribution in [0.1, 0.15) is 18.4 Å². The second kappa shape index (κ2) is 5.81. The molecule has 0 bridgehead atoms. The van der Waals surface area contributed by atoms with E-state index in [-0.39, 0.29) is 5.69 Å². The molecule has 0 aliphatic heterocycles. The van der Waals surface area contributed by atoms with Crippen molar-refractivity contribution in [2.24, 2.45) is 0 Å². The summed E-state index contributed by atoms with van der Waals surface area (Å²) in [5.74, 6) is -14.0. The van der Waals surface area contributed by atoms with Crippen molar-refractivity contribution in [3.8, 4) is 0 Å². The number of aryl methyl sites for hydroxylation is 1. The van der Waals surface area contributed by atoms with Gasteiger partial charge in [-0.1, -0.05) is 4.48 Å². The average Bonchev–Trinajstić information content (AvgIpc) is 2.96. The molecular formula is C14H7F7N5. The van der Waals surface area contributed by atoms with Gasteiger partial charge in [-0.15, -0.1) is 5.10 Å². The Hall–Kier alpha value is -2.92. The molecule has 2 heterocycles. The minimum Gasteiger partial charge on any atom is -0.216 e. The first-order valence-corrected chi connectivity index (χ1v) is 6.84. The third-order valence-electron chi connectivity index (χ3n) is 3.23. The zero-order chi connectivity index (χ0) is 19.4. The van der Waals surface area contributed by atoms with Crippen LogP contribution in [0.5, 0.6) is 0 Å². The fourth-order valence-electron chi connectivity index (χ4n) is 2.09. The third-order valence-corrected chi connectivity index (χ3v) is 3.23. The maximum Gasteiger partial charge on any atom is 0.305 e. The van der Waals surface area contributed by atoms with Crippen molar-refractivity contribution in [3.05, 3.63) is 46.9 Å². The first kappa shape index (κ1) is 17.9. The smallest absolute Gasteiger partial charge is 0.216 e. The van der Waals surface area contributed by atoms with E-state index in [0.717, 1.165) is 12.1 Å². The lowest BCUT2D eigenvalue weighted by atomic mass is 10.2. The fraction of sp³-hybridized carbons (Fsp3) is 0.214. The molecule has 1 radical (unpaired) electrons. The van der Waals surface area contributed by atoms with Gasteiger partial charge in [0.2, 0.25) is 5.82 Å². The molecule has 0 saturated heterocycles. The highest BCUT2D eigenvalue weighted by atomic mass is 19.3. The van der Waals surface area contributed by atoms with Gasteiger partial charge in [-0.2, -0.15) is 23.4 Å². The average molecular weight is 378 g/mol. The minimum absolute atomic E-state index is 0.0118. The summed E-state index contributed by atoms with van der Waals surface area (Å²) >= 11 is 0. The fourth-order valence-corrected chi connectivity index (χ4v) is 2.09. The first-order valence-electron chi connectivity index (χ1n) is 6.84. The van der Waals surface area contributed by atoms with Crippen LogP contribution < -0.4 is 5.12 Å². The van der Waals surface area contributed by atoms with Crippen LogP contribution in [-0.4, -0.2) is 19.6 Å². The molecule has 12 heteroatoms. The minimum atomic E-state index is -3.52. The van der Waals surface area contributed by atoms with E-state index in [2.05, 4.69) is 15.1 Å². The van der Waals surface area contributed by atoms with E-state index in [4.69, 9.17) is 0 Å². The van der Waals surface area contributed by atoms with Crippen molar-refractivity contribution >= 4 is 17.3 Å². The van der Waals surface area contributed by atoms with Crippen LogP contribution in [0.2, 0.25) is 0 Å². The molecule has 3 rings (SSSR count). The Labute approximate surface area is 140 Å². The molecule has 26 heavy (non-hydrogen) atoms. The van der Waals surface area contributed by atoms with Gasteiger partial charge in [-0.25, -0.2) is 22.5 Å². The maximum absolute atomic E-state index is 14.7. The molecule has 0 aliphatic carbocycles. The lowest BCUT2D eigenvalue weighted by Gasteiger charge is -2.16. The molecule has 0 spiro atoms. The number of aromatic nitrogens is 4. The second-order valence-corrected chi connectivity index (χ2v) is 5.30. The summed E-state index contributed by atoms with van der Waals surface area (Å²) < 4.78 is 96.0. The van der Waals surface area contributed by atoms with Crippen LogP contribution in [-0.2, 0) is 5.92 Å². The molecule has 0 aliphatic rings. The van der Waals surface area contributed by atoms with Gasteiger partial charge < -0.3 is 0 Å². The van der Waals surface area contributed by atoms with Crippen LogP contribution in [0.15, 0.2) is 6.07 Å². The van der Waals surface area contributed by atoms with Gasteiger partial charge in [0.1, 0.15) is 0 Å². The van der Waals surface area contributed by atoms with E-state index in [1.54, 1.807) is 0 Å². The summed E-state index contributed by atoms with van der Waals surface area (Å²) in [6.07, 6.45) is 0. The Morgan fingerprint density at radius 2 is 1.65 bits per heavy atom. The summed E-state index contributed by atoms with van der Waals surface area (Å²) in [5.41, 5.74) is -1.73. The molecular weight excluding hydrogens is 371 g/mol. The normalized spacial score (nSPS) is 12.0. The summed E-state index contributed by atoms with van der Waals surface area (Å²) in [6, 6.07) is 1.97. The van der Waals surface area contributed by atoms with Gasteiger partial charge in [0, 0.05) is 18.7 Å². The Morgan fingerprint density at radius 3 is 2.19 bits per heavy atom. The van der Waals surface area contributed by atoms with Crippen LogP contribution in [0.3, 0.4) is 0 Å². The zero-order valence-electron chi connectivity index (χ0n) is 13.0. The SMILES string of the molecule is Cc1cc(N(F)c2c(F)c(F)[c]c(F)c2F)n2nc(C(C)(F)F)nc2n1. The van der Waals surface area contributed by atoms with E-state index in [1.165, 1.54) is 6.92 Å². The van der Waals surface area contributed by atoms with Gasteiger partial charge in [0.05, 0.1) is 6.07 Å². The Kier molecular flexibility index (Phi) is 4.00. The molecule has 5 nitrogen and oxygen atoms in total. The predicted molar refractivity (Wildman–Crippen MR) is 73.4 cm³/mol. The molecule has 3 aromatic rings. The molecule has 0 fully saturated rings. The summed E-state index contributed by atoms with van der Waals surface area (Å²) in [5, 5.41) is 2.57. The number of benzene rings is 1. The van der Waals surface area contributed by atoms with Crippen molar-refractivity contribution in [3.63, 3.8) is 0 Å². The number of alkyl halides is 2. The molecule has 2 aromatic heterocycles. The number of hydrogen-bond acceptors (Lipinski definition) is 4. The van der Waals surface area contributed by atoms with Gasteiger partial charge >= 0.3 is 5.92 Å². The summed E-state index contributed by atoms with van der Waals surface area (Å²) in [4.78, 5) is 7.16. The van der Waals surface area contributed by atoms with E-state index in [1.807, 2.05) is 0 Å². The van der Waals surface area contributed by atoms with E-state index >= 15 is 0 Å². The van der Waals surface area contributed by atoms with Crippen molar-refractivity contribution in [1.29, 1.82) is 0 Å². The highest BCUT2D eigenvalue weighted by Gasteiger charge is 2.33. The molecule has 137 valence electrons. The number of hydrogen-bond donors (Lipinski definition) is 0. The van der Waals surface area contributed by atoms with Crippen molar-refractivity contribution in [2.45, 2.75) is 19.8 Å². The topological polar surface area (TPSA) is 46.3 Å².